The lowest BCUT2D eigenvalue weighted by Gasteiger charge is -2.06. The molecule has 0 spiro atoms. The van der Waals surface area contributed by atoms with Gasteiger partial charge in [-0.3, -0.25) is 15.0 Å². The number of nitrogens with zero attached hydrogens (tertiary/aromatic N) is 3. The molecular formula is C17H11N3. The van der Waals surface area contributed by atoms with E-state index >= 15 is 0 Å². The average Bonchev–Trinajstić information content (AvgIpc) is 2.54. The van der Waals surface area contributed by atoms with Crippen LogP contribution in [0.4, 0.5) is 0 Å². The quantitative estimate of drug-likeness (QED) is 0.520. The first-order valence-electron chi connectivity index (χ1n) is 6.47. The summed E-state index contributed by atoms with van der Waals surface area (Å²) in [5, 5.41) is 2.19. The molecule has 3 nitrogen and oxygen atoms in total. The van der Waals surface area contributed by atoms with Gasteiger partial charge in [0.25, 0.3) is 0 Å². The molecule has 0 aliphatic rings. The van der Waals surface area contributed by atoms with Gasteiger partial charge < -0.3 is 0 Å². The van der Waals surface area contributed by atoms with Crippen LogP contribution < -0.4 is 0 Å². The molecule has 0 unspecified atom stereocenters. The minimum Gasteiger partial charge on any atom is -0.256 e. The SMILES string of the molecule is c1cnc2ccc(-c3nccc4ncccc34)cc2c1. The van der Waals surface area contributed by atoms with Crippen molar-refractivity contribution in [3.8, 4) is 11.3 Å². The molecule has 0 saturated carbocycles. The van der Waals surface area contributed by atoms with E-state index in [-0.39, 0.29) is 0 Å². The lowest BCUT2D eigenvalue weighted by Crippen LogP contribution is -1.88. The van der Waals surface area contributed by atoms with Crippen molar-refractivity contribution >= 4 is 21.8 Å². The standard InChI is InChI=1S/C17H11N3/c1-3-12-11-13(5-6-15(12)18-8-1)17-14-4-2-9-19-16(14)7-10-20-17/h1-11H. The number of fused-ring (bicyclic) bond motifs is 2. The maximum Gasteiger partial charge on any atom is 0.0796 e. The van der Waals surface area contributed by atoms with Gasteiger partial charge in [0.1, 0.15) is 0 Å². The summed E-state index contributed by atoms with van der Waals surface area (Å²) in [4.78, 5) is 13.2. The van der Waals surface area contributed by atoms with Crippen LogP contribution in [0.3, 0.4) is 0 Å². The van der Waals surface area contributed by atoms with Crippen molar-refractivity contribution in [3.63, 3.8) is 0 Å². The van der Waals surface area contributed by atoms with E-state index in [0.717, 1.165) is 33.1 Å². The molecule has 3 aromatic heterocycles. The Bertz CT molecular complexity index is 910. The Morgan fingerprint density at radius 2 is 1.50 bits per heavy atom. The minimum atomic E-state index is 0.960. The second-order valence-electron chi connectivity index (χ2n) is 4.64. The molecule has 94 valence electrons. The van der Waals surface area contributed by atoms with Gasteiger partial charge in [0.15, 0.2) is 0 Å². The summed E-state index contributed by atoms with van der Waals surface area (Å²) in [5.41, 5.74) is 4.00. The highest BCUT2D eigenvalue weighted by atomic mass is 14.7. The third kappa shape index (κ3) is 1.72. The Morgan fingerprint density at radius 1 is 0.650 bits per heavy atom. The van der Waals surface area contributed by atoms with Crippen LogP contribution in [0.15, 0.2) is 67.1 Å². The number of pyridine rings is 3. The van der Waals surface area contributed by atoms with Crippen molar-refractivity contribution in [2.75, 3.05) is 0 Å². The predicted molar refractivity (Wildman–Crippen MR) is 80.3 cm³/mol. The van der Waals surface area contributed by atoms with Crippen LogP contribution in [0, 0.1) is 0 Å². The smallest absolute Gasteiger partial charge is 0.0796 e. The van der Waals surface area contributed by atoms with Gasteiger partial charge in [-0.05, 0) is 36.4 Å². The van der Waals surface area contributed by atoms with Gasteiger partial charge in [0.2, 0.25) is 0 Å². The normalized spacial score (nSPS) is 11.0. The van der Waals surface area contributed by atoms with Gasteiger partial charge >= 0.3 is 0 Å². The molecule has 0 aliphatic carbocycles. The van der Waals surface area contributed by atoms with Crippen molar-refractivity contribution < 1.29 is 0 Å². The average molecular weight is 257 g/mol. The second kappa shape index (κ2) is 4.38. The Balaban J connectivity index is 2.01. The van der Waals surface area contributed by atoms with Gasteiger partial charge in [0.05, 0.1) is 16.7 Å². The molecule has 20 heavy (non-hydrogen) atoms. The van der Waals surface area contributed by atoms with Crippen LogP contribution in [0.2, 0.25) is 0 Å². The first-order valence-corrected chi connectivity index (χ1v) is 6.47. The molecule has 4 rings (SSSR count). The Labute approximate surface area is 116 Å². The van der Waals surface area contributed by atoms with Crippen LogP contribution in [0.1, 0.15) is 0 Å². The summed E-state index contributed by atoms with van der Waals surface area (Å²) in [7, 11) is 0. The number of aromatic nitrogens is 3. The largest absolute Gasteiger partial charge is 0.256 e. The molecule has 4 aromatic rings. The van der Waals surface area contributed by atoms with E-state index < -0.39 is 0 Å². The maximum absolute atomic E-state index is 4.52. The molecule has 0 saturated heterocycles. The van der Waals surface area contributed by atoms with Crippen LogP contribution in [0.25, 0.3) is 33.1 Å². The van der Waals surface area contributed by atoms with Crippen LogP contribution in [0.5, 0.6) is 0 Å². The molecule has 0 N–H and O–H groups in total. The zero-order chi connectivity index (χ0) is 13.4. The summed E-state index contributed by atoms with van der Waals surface area (Å²) in [6, 6.07) is 16.2. The van der Waals surface area contributed by atoms with Crippen molar-refractivity contribution in [2.45, 2.75) is 0 Å². The summed E-state index contributed by atoms with van der Waals surface area (Å²) in [5.74, 6) is 0. The summed E-state index contributed by atoms with van der Waals surface area (Å²) >= 11 is 0. The Kier molecular flexibility index (Phi) is 2.42. The Hall–Kier alpha value is -2.81. The number of hydrogen-bond acceptors (Lipinski definition) is 3. The monoisotopic (exact) mass is 257 g/mol. The highest BCUT2D eigenvalue weighted by Gasteiger charge is 2.06. The lowest BCUT2D eigenvalue weighted by molar-refractivity contribution is 1.32. The number of rotatable bonds is 1. The molecule has 1 aromatic carbocycles. The Morgan fingerprint density at radius 3 is 2.45 bits per heavy atom. The van der Waals surface area contributed by atoms with Crippen molar-refractivity contribution in [1.29, 1.82) is 0 Å². The van der Waals surface area contributed by atoms with Crippen molar-refractivity contribution in [1.82, 2.24) is 15.0 Å². The van der Waals surface area contributed by atoms with Gasteiger partial charge in [-0.1, -0.05) is 12.1 Å². The minimum absolute atomic E-state index is 0.960. The zero-order valence-corrected chi connectivity index (χ0v) is 10.7. The molecule has 0 amide bonds. The summed E-state index contributed by atoms with van der Waals surface area (Å²) in [6.45, 7) is 0. The van der Waals surface area contributed by atoms with Gasteiger partial charge in [-0.25, -0.2) is 0 Å². The first-order chi connectivity index (χ1) is 9.92. The third-order valence-electron chi connectivity index (χ3n) is 3.41. The second-order valence-corrected chi connectivity index (χ2v) is 4.64. The van der Waals surface area contributed by atoms with E-state index in [9.17, 15) is 0 Å². The van der Waals surface area contributed by atoms with E-state index in [1.807, 2.05) is 30.5 Å². The third-order valence-corrected chi connectivity index (χ3v) is 3.41. The summed E-state index contributed by atoms with van der Waals surface area (Å²) < 4.78 is 0. The van der Waals surface area contributed by atoms with Crippen molar-refractivity contribution in [3.05, 3.63) is 67.1 Å². The zero-order valence-electron chi connectivity index (χ0n) is 10.7. The molecule has 3 heteroatoms. The molecule has 0 radical (unpaired) electrons. The van der Waals surface area contributed by atoms with Crippen LogP contribution >= 0.6 is 0 Å². The fourth-order valence-corrected chi connectivity index (χ4v) is 2.46. The van der Waals surface area contributed by atoms with E-state index in [2.05, 4.69) is 39.2 Å². The molecule has 0 bridgehead atoms. The van der Waals surface area contributed by atoms with Crippen LogP contribution in [-0.4, -0.2) is 15.0 Å². The van der Waals surface area contributed by atoms with Gasteiger partial charge in [0, 0.05) is 34.9 Å². The van der Waals surface area contributed by atoms with Crippen LogP contribution in [-0.2, 0) is 0 Å². The fraction of sp³-hybridized carbons (Fsp3) is 0. The first kappa shape index (κ1) is 11.1. The molecule has 3 heterocycles. The van der Waals surface area contributed by atoms with Gasteiger partial charge in [-0.2, -0.15) is 0 Å². The van der Waals surface area contributed by atoms with Crippen molar-refractivity contribution in [2.24, 2.45) is 0 Å². The topological polar surface area (TPSA) is 38.7 Å². The van der Waals surface area contributed by atoms with E-state index in [0.29, 0.717) is 0 Å². The summed E-state index contributed by atoms with van der Waals surface area (Å²) in [6.07, 6.45) is 5.41. The fourth-order valence-electron chi connectivity index (χ4n) is 2.46. The molecule has 0 fully saturated rings. The highest BCUT2D eigenvalue weighted by Crippen LogP contribution is 2.27. The highest BCUT2D eigenvalue weighted by molar-refractivity contribution is 5.94. The molecule has 0 aliphatic heterocycles. The van der Waals surface area contributed by atoms with Gasteiger partial charge in [-0.15, -0.1) is 0 Å². The predicted octanol–water partition coefficient (Wildman–Crippen LogP) is 3.85. The molecule has 0 atom stereocenters. The lowest BCUT2D eigenvalue weighted by atomic mass is 10.0. The van der Waals surface area contributed by atoms with E-state index in [4.69, 9.17) is 0 Å². The van der Waals surface area contributed by atoms with E-state index in [1.54, 1.807) is 12.4 Å². The number of benzene rings is 1. The van der Waals surface area contributed by atoms with E-state index in [1.165, 1.54) is 0 Å². The molecular weight excluding hydrogens is 246 g/mol. The number of hydrogen-bond donors (Lipinski definition) is 0. The maximum atomic E-state index is 4.52.